The van der Waals surface area contributed by atoms with E-state index in [0.717, 1.165) is 21.6 Å². The number of hydrogen-bond donors (Lipinski definition) is 1. The number of nitrogens with two attached hydrogens (primary N) is 1. The molecule has 2 aromatic rings. The van der Waals surface area contributed by atoms with Crippen molar-refractivity contribution in [1.82, 2.24) is 9.55 Å². The number of nitrogens with zero attached hydrogens (tertiary/aromatic N) is 2. The van der Waals surface area contributed by atoms with Gasteiger partial charge < -0.3 is 15.0 Å². The second-order valence-electron chi connectivity index (χ2n) is 4.78. The first-order valence-corrected chi connectivity index (χ1v) is 6.91. The van der Waals surface area contributed by atoms with Crippen LogP contribution in [0.15, 0.2) is 22.8 Å². The van der Waals surface area contributed by atoms with Gasteiger partial charge in [-0.2, -0.15) is 0 Å². The minimum atomic E-state index is 0.449. The maximum absolute atomic E-state index is 5.85. The molecule has 0 unspecified atom stereocenters. The maximum Gasteiger partial charge on any atom is 0.201 e. The predicted octanol–water partition coefficient (Wildman–Crippen LogP) is 3.56. The van der Waals surface area contributed by atoms with E-state index in [1.54, 1.807) is 11.7 Å². The minimum absolute atomic E-state index is 0.449. The predicted molar refractivity (Wildman–Crippen MR) is 81.4 cm³/mol. The van der Waals surface area contributed by atoms with Gasteiger partial charge in [0.2, 0.25) is 5.95 Å². The molecular weight excluding hydrogens is 306 g/mol. The van der Waals surface area contributed by atoms with Crippen molar-refractivity contribution in [3.05, 3.63) is 28.4 Å². The Hall–Kier alpha value is -1.49. The fourth-order valence-electron chi connectivity index (χ4n) is 1.94. The van der Waals surface area contributed by atoms with Crippen molar-refractivity contribution in [3.63, 3.8) is 0 Å². The largest absolute Gasteiger partial charge is 0.496 e. The second kappa shape index (κ2) is 5.25. The van der Waals surface area contributed by atoms with E-state index in [9.17, 15) is 0 Å². The fourth-order valence-corrected chi connectivity index (χ4v) is 2.42. The van der Waals surface area contributed by atoms with Crippen LogP contribution in [0.2, 0.25) is 0 Å². The van der Waals surface area contributed by atoms with E-state index in [1.807, 2.05) is 13.1 Å². The third-order valence-electron chi connectivity index (χ3n) is 3.21. The van der Waals surface area contributed by atoms with Crippen molar-refractivity contribution < 1.29 is 4.74 Å². The van der Waals surface area contributed by atoms with Gasteiger partial charge in [0.05, 0.1) is 7.11 Å². The van der Waals surface area contributed by atoms with E-state index in [2.05, 4.69) is 46.9 Å². The Bertz CT molecular complexity index is 605. The van der Waals surface area contributed by atoms with Gasteiger partial charge in [0.1, 0.15) is 16.0 Å². The van der Waals surface area contributed by atoms with Crippen LogP contribution in [0.1, 0.15) is 25.3 Å². The number of benzene rings is 1. The van der Waals surface area contributed by atoms with Gasteiger partial charge >= 0.3 is 0 Å². The molecule has 0 amide bonds. The van der Waals surface area contributed by atoms with Crippen LogP contribution in [0, 0.1) is 0 Å². The summed E-state index contributed by atoms with van der Waals surface area (Å²) >= 11 is 3.53. The van der Waals surface area contributed by atoms with Crippen molar-refractivity contribution >= 4 is 21.9 Å². The first-order chi connectivity index (χ1) is 8.95. The van der Waals surface area contributed by atoms with E-state index < -0.39 is 0 Å². The molecule has 19 heavy (non-hydrogen) atoms. The van der Waals surface area contributed by atoms with Crippen molar-refractivity contribution in [1.29, 1.82) is 0 Å². The number of imidazole rings is 1. The second-order valence-corrected chi connectivity index (χ2v) is 5.53. The lowest BCUT2D eigenvalue weighted by atomic mass is 9.99. The maximum atomic E-state index is 5.85. The van der Waals surface area contributed by atoms with Gasteiger partial charge in [0.25, 0.3) is 0 Å². The summed E-state index contributed by atoms with van der Waals surface area (Å²) in [6.45, 7) is 4.32. The number of methoxy groups -OCH3 is 1. The van der Waals surface area contributed by atoms with Gasteiger partial charge in [-0.1, -0.05) is 19.9 Å². The molecule has 0 bridgehead atoms. The Morgan fingerprint density at radius 2 is 2.05 bits per heavy atom. The lowest BCUT2D eigenvalue weighted by molar-refractivity contribution is 0.416. The third kappa shape index (κ3) is 2.47. The number of ether oxygens (including phenoxy) is 1. The zero-order chi connectivity index (χ0) is 14.2. The summed E-state index contributed by atoms with van der Waals surface area (Å²) in [7, 11) is 3.53. The summed E-state index contributed by atoms with van der Waals surface area (Å²) in [5, 5.41) is 0. The van der Waals surface area contributed by atoms with Crippen LogP contribution in [0.25, 0.3) is 11.3 Å². The molecule has 0 saturated heterocycles. The molecule has 0 aliphatic heterocycles. The lowest BCUT2D eigenvalue weighted by Crippen LogP contribution is -1.96. The quantitative estimate of drug-likeness (QED) is 0.939. The molecule has 4 nitrogen and oxygen atoms in total. The zero-order valence-electron chi connectivity index (χ0n) is 11.6. The van der Waals surface area contributed by atoms with Crippen LogP contribution in [0.4, 0.5) is 5.95 Å². The summed E-state index contributed by atoms with van der Waals surface area (Å²) in [5.41, 5.74) is 8.85. The number of halogens is 1. The average molecular weight is 324 g/mol. The highest BCUT2D eigenvalue weighted by Crippen LogP contribution is 2.37. The molecule has 0 fully saturated rings. The van der Waals surface area contributed by atoms with Crippen molar-refractivity contribution in [2.45, 2.75) is 19.8 Å². The van der Waals surface area contributed by atoms with Gasteiger partial charge in [-0.3, -0.25) is 0 Å². The smallest absolute Gasteiger partial charge is 0.201 e. The molecule has 1 heterocycles. The van der Waals surface area contributed by atoms with E-state index >= 15 is 0 Å². The summed E-state index contributed by atoms with van der Waals surface area (Å²) < 4.78 is 8.08. The highest BCUT2D eigenvalue weighted by Gasteiger charge is 2.17. The highest BCUT2D eigenvalue weighted by atomic mass is 79.9. The molecule has 1 aromatic heterocycles. The van der Waals surface area contributed by atoms with Crippen LogP contribution in [0.3, 0.4) is 0 Å². The summed E-state index contributed by atoms with van der Waals surface area (Å²) in [4.78, 5) is 4.40. The van der Waals surface area contributed by atoms with Gasteiger partial charge in [0, 0.05) is 12.6 Å². The first kappa shape index (κ1) is 13.9. The monoisotopic (exact) mass is 323 g/mol. The average Bonchev–Trinajstić information content (AvgIpc) is 2.65. The molecule has 0 spiro atoms. The number of hydrogen-bond acceptors (Lipinski definition) is 3. The highest BCUT2D eigenvalue weighted by molar-refractivity contribution is 9.10. The Morgan fingerprint density at radius 1 is 1.37 bits per heavy atom. The Morgan fingerprint density at radius 3 is 2.53 bits per heavy atom. The molecular formula is C14H18BrN3O. The molecule has 0 saturated carbocycles. The van der Waals surface area contributed by atoms with Crippen molar-refractivity contribution in [3.8, 4) is 17.0 Å². The Balaban J connectivity index is 2.65. The Labute approximate surface area is 121 Å². The van der Waals surface area contributed by atoms with Gasteiger partial charge in [-0.25, -0.2) is 4.98 Å². The molecule has 0 aliphatic rings. The zero-order valence-corrected chi connectivity index (χ0v) is 13.2. The molecule has 2 N–H and O–H groups in total. The van der Waals surface area contributed by atoms with Crippen LogP contribution >= 0.6 is 15.9 Å². The standard InChI is InChI=1S/C14H18BrN3O/c1-8(2)9-5-6-11(19-4)10(7-9)12-13(15)18(3)14(16)17-12/h5-8H,1-4H3,(H2,16,17). The summed E-state index contributed by atoms with van der Waals surface area (Å²) in [6, 6.07) is 6.16. The molecule has 0 aliphatic carbocycles. The minimum Gasteiger partial charge on any atom is -0.496 e. The normalized spacial score (nSPS) is 11.1. The number of anilines is 1. The van der Waals surface area contributed by atoms with E-state index in [4.69, 9.17) is 10.5 Å². The third-order valence-corrected chi connectivity index (χ3v) is 4.11. The van der Waals surface area contributed by atoms with Gasteiger partial charge in [0.15, 0.2) is 0 Å². The van der Waals surface area contributed by atoms with E-state index in [-0.39, 0.29) is 0 Å². The molecule has 5 heteroatoms. The van der Waals surface area contributed by atoms with Crippen LogP contribution in [-0.2, 0) is 7.05 Å². The molecule has 102 valence electrons. The van der Waals surface area contributed by atoms with Crippen molar-refractivity contribution in [2.24, 2.45) is 7.05 Å². The molecule has 2 rings (SSSR count). The van der Waals surface area contributed by atoms with E-state index in [0.29, 0.717) is 11.9 Å². The summed E-state index contributed by atoms with van der Waals surface area (Å²) in [5.74, 6) is 1.71. The molecule has 1 aromatic carbocycles. The Kier molecular flexibility index (Phi) is 3.85. The first-order valence-electron chi connectivity index (χ1n) is 6.11. The van der Waals surface area contributed by atoms with E-state index in [1.165, 1.54) is 5.56 Å². The molecule has 0 radical (unpaired) electrons. The molecule has 0 atom stereocenters. The van der Waals surface area contributed by atoms with Crippen molar-refractivity contribution in [2.75, 3.05) is 12.8 Å². The van der Waals surface area contributed by atoms with Crippen LogP contribution < -0.4 is 10.5 Å². The van der Waals surface area contributed by atoms with Gasteiger partial charge in [-0.15, -0.1) is 0 Å². The topological polar surface area (TPSA) is 53.1 Å². The summed E-state index contributed by atoms with van der Waals surface area (Å²) in [6.07, 6.45) is 0. The lowest BCUT2D eigenvalue weighted by Gasteiger charge is -2.11. The van der Waals surface area contributed by atoms with Crippen LogP contribution in [-0.4, -0.2) is 16.7 Å². The fraction of sp³-hybridized carbons (Fsp3) is 0.357. The number of rotatable bonds is 3. The number of nitrogen functional groups attached to an aromatic ring is 1. The van der Waals surface area contributed by atoms with Gasteiger partial charge in [-0.05, 0) is 39.5 Å². The van der Waals surface area contributed by atoms with Crippen LogP contribution in [0.5, 0.6) is 5.75 Å². The number of aromatic nitrogens is 2. The SMILES string of the molecule is COc1ccc(C(C)C)cc1-c1nc(N)n(C)c1Br.